The van der Waals surface area contributed by atoms with Gasteiger partial charge in [-0.15, -0.1) is 0 Å². The number of hydrogen-bond acceptors (Lipinski definition) is 2. The maximum absolute atomic E-state index is 10.2. The largest absolute Gasteiger partial charge is 0.414 e. The lowest BCUT2D eigenvalue weighted by atomic mass is 10.0. The summed E-state index contributed by atoms with van der Waals surface area (Å²) in [4.78, 5) is 0. The number of aliphatic hydroxyl groups excluding tert-OH is 1. The first kappa shape index (κ1) is 15.4. The quantitative estimate of drug-likeness (QED) is 0.754. The van der Waals surface area contributed by atoms with E-state index in [2.05, 4.69) is 20.8 Å². The average Bonchev–Trinajstić information content (AvgIpc) is 2.41. The van der Waals surface area contributed by atoms with Gasteiger partial charge in [0.2, 0.25) is 0 Å². The molecule has 0 aliphatic carbocycles. The second-order valence-corrected chi connectivity index (χ2v) is 9.70. The van der Waals surface area contributed by atoms with Gasteiger partial charge in [0.1, 0.15) is 6.10 Å². The number of aliphatic hydroxyl groups is 1. The summed E-state index contributed by atoms with van der Waals surface area (Å²) in [5.41, 5.74) is 2.12. The van der Waals surface area contributed by atoms with Crippen molar-refractivity contribution in [2.45, 2.75) is 51.9 Å². The molecule has 0 fully saturated rings. The third kappa shape index (κ3) is 3.67. The Bertz CT molecular complexity index is 353. The molecule has 0 amide bonds. The van der Waals surface area contributed by atoms with Gasteiger partial charge in [0, 0.05) is 0 Å². The van der Waals surface area contributed by atoms with Gasteiger partial charge in [-0.25, -0.2) is 0 Å². The van der Waals surface area contributed by atoms with Crippen molar-refractivity contribution >= 4 is 8.32 Å². The molecular weight excluding hydrogens is 240 g/mol. The van der Waals surface area contributed by atoms with Crippen LogP contribution in [0.15, 0.2) is 24.3 Å². The number of benzene rings is 1. The number of hydrogen-bond donors (Lipinski definition) is 1. The Hall–Kier alpha value is -0.643. The number of rotatable bonds is 7. The highest BCUT2D eigenvalue weighted by Crippen LogP contribution is 2.25. The van der Waals surface area contributed by atoms with Crippen LogP contribution in [0, 0.1) is 6.92 Å². The molecule has 1 atom stereocenters. The topological polar surface area (TPSA) is 29.5 Å². The van der Waals surface area contributed by atoms with E-state index >= 15 is 0 Å². The minimum atomic E-state index is -1.59. The smallest absolute Gasteiger partial charge is 0.192 e. The van der Waals surface area contributed by atoms with Crippen LogP contribution in [0.4, 0.5) is 0 Å². The molecule has 0 radical (unpaired) electrons. The van der Waals surface area contributed by atoms with Crippen molar-refractivity contribution < 1.29 is 9.53 Å². The van der Waals surface area contributed by atoms with Gasteiger partial charge in [0.25, 0.3) is 0 Å². The van der Waals surface area contributed by atoms with E-state index in [0.717, 1.165) is 29.3 Å². The van der Waals surface area contributed by atoms with Crippen LogP contribution in [0.1, 0.15) is 38.0 Å². The first-order valence-electron chi connectivity index (χ1n) is 6.96. The predicted molar refractivity (Wildman–Crippen MR) is 79.3 cm³/mol. The fraction of sp³-hybridized carbons (Fsp3) is 0.600. The summed E-state index contributed by atoms with van der Waals surface area (Å²) in [6.45, 7) is 9.09. The third-order valence-corrected chi connectivity index (χ3v) is 8.67. The van der Waals surface area contributed by atoms with Gasteiger partial charge in [-0.3, -0.25) is 0 Å². The lowest BCUT2D eigenvalue weighted by Crippen LogP contribution is -2.37. The van der Waals surface area contributed by atoms with Crippen LogP contribution < -0.4 is 0 Å². The van der Waals surface area contributed by atoms with Crippen molar-refractivity contribution in [3.8, 4) is 0 Å². The summed E-state index contributed by atoms with van der Waals surface area (Å²) in [7, 11) is -1.59. The lowest BCUT2D eigenvalue weighted by Gasteiger charge is -2.29. The van der Waals surface area contributed by atoms with Gasteiger partial charge >= 0.3 is 0 Å². The highest BCUT2D eigenvalue weighted by atomic mass is 28.4. The van der Waals surface area contributed by atoms with Gasteiger partial charge in [-0.1, -0.05) is 45.0 Å². The van der Waals surface area contributed by atoms with Crippen LogP contribution in [0.3, 0.4) is 0 Å². The van der Waals surface area contributed by atoms with E-state index in [1.165, 1.54) is 0 Å². The van der Waals surface area contributed by atoms with Gasteiger partial charge in [-0.05, 0) is 36.2 Å². The van der Waals surface area contributed by atoms with Crippen LogP contribution in [-0.4, -0.2) is 20.0 Å². The van der Waals surface area contributed by atoms with Crippen LogP contribution in [0.25, 0.3) is 0 Å². The fourth-order valence-electron chi connectivity index (χ4n) is 2.36. The minimum Gasteiger partial charge on any atom is -0.414 e. The Kier molecular flexibility index (Phi) is 6.06. The average molecular weight is 266 g/mol. The van der Waals surface area contributed by atoms with E-state index < -0.39 is 14.4 Å². The van der Waals surface area contributed by atoms with Gasteiger partial charge in [0.15, 0.2) is 8.32 Å². The Balaban J connectivity index is 2.66. The summed E-state index contributed by atoms with van der Waals surface area (Å²) in [6.07, 6.45) is -0.497. The first-order chi connectivity index (χ1) is 8.58. The van der Waals surface area contributed by atoms with Crippen LogP contribution >= 0.6 is 0 Å². The van der Waals surface area contributed by atoms with Crippen LogP contribution in [0.5, 0.6) is 0 Å². The van der Waals surface area contributed by atoms with Crippen molar-refractivity contribution in [1.82, 2.24) is 0 Å². The van der Waals surface area contributed by atoms with E-state index in [0.29, 0.717) is 6.61 Å². The van der Waals surface area contributed by atoms with E-state index in [-0.39, 0.29) is 0 Å². The molecule has 1 aromatic carbocycles. The zero-order chi connectivity index (χ0) is 13.6. The molecule has 0 bridgehead atoms. The molecule has 3 heteroatoms. The summed E-state index contributed by atoms with van der Waals surface area (Å²) in [5.74, 6) is 0. The minimum absolute atomic E-state index is 0.437. The van der Waals surface area contributed by atoms with Crippen molar-refractivity contribution in [2.75, 3.05) is 6.61 Å². The maximum Gasteiger partial charge on any atom is 0.192 e. The molecule has 1 rings (SSSR count). The number of aryl methyl sites for hydroxylation is 1. The SMILES string of the molecule is CC[Si](CC)(CC)OC[C@@H](O)c1ccccc1C. The van der Waals surface area contributed by atoms with Gasteiger partial charge in [-0.2, -0.15) is 0 Å². The Morgan fingerprint density at radius 3 is 2.17 bits per heavy atom. The predicted octanol–water partition coefficient (Wildman–Crippen LogP) is 4.05. The van der Waals surface area contributed by atoms with Crippen molar-refractivity contribution in [2.24, 2.45) is 0 Å². The van der Waals surface area contributed by atoms with E-state index in [1.54, 1.807) is 0 Å². The second-order valence-electron chi connectivity index (χ2n) is 4.93. The Labute approximate surface area is 112 Å². The third-order valence-electron chi connectivity index (χ3n) is 4.03. The van der Waals surface area contributed by atoms with Crippen LogP contribution in [0.2, 0.25) is 18.1 Å². The highest BCUT2D eigenvalue weighted by molar-refractivity contribution is 6.73. The molecule has 102 valence electrons. The molecule has 0 saturated carbocycles. The summed E-state index contributed by atoms with van der Waals surface area (Å²) in [6, 6.07) is 11.4. The van der Waals surface area contributed by atoms with E-state index in [4.69, 9.17) is 4.43 Å². The molecule has 0 aliphatic heterocycles. The molecule has 0 heterocycles. The van der Waals surface area contributed by atoms with Crippen molar-refractivity contribution in [3.05, 3.63) is 35.4 Å². The van der Waals surface area contributed by atoms with Crippen LogP contribution in [-0.2, 0) is 4.43 Å². The summed E-state index contributed by atoms with van der Waals surface area (Å²) in [5, 5.41) is 10.2. The summed E-state index contributed by atoms with van der Waals surface area (Å²) >= 11 is 0. The maximum atomic E-state index is 10.2. The Morgan fingerprint density at radius 2 is 1.67 bits per heavy atom. The Morgan fingerprint density at radius 1 is 1.11 bits per heavy atom. The highest BCUT2D eigenvalue weighted by Gasteiger charge is 2.29. The molecule has 2 nitrogen and oxygen atoms in total. The normalized spacial score (nSPS) is 13.6. The first-order valence-corrected chi connectivity index (χ1v) is 9.49. The molecule has 0 unspecified atom stereocenters. The van der Waals surface area contributed by atoms with Gasteiger partial charge < -0.3 is 9.53 Å². The molecule has 0 aliphatic rings. The molecule has 1 N–H and O–H groups in total. The van der Waals surface area contributed by atoms with Crippen molar-refractivity contribution in [3.63, 3.8) is 0 Å². The zero-order valence-electron chi connectivity index (χ0n) is 12.1. The molecular formula is C15H26O2Si. The zero-order valence-corrected chi connectivity index (χ0v) is 13.1. The molecule has 1 aromatic rings. The molecule has 0 spiro atoms. The molecule has 0 aromatic heterocycles. The van der Waals surface area contributed by atoms with Crippen molar-refractivity contribution in [1.29, 1.82) is 0 Å². The molecule has 18 heavy (non-hydrogen) atoms. The van der Waals surface area contributed by atoms with E-state index in [9.17, 15) is 5.11 Å². The summed E-state index contributed by atoms with van der Waals surface area (Å²) < 4.78 is 6.14. The standard InChI is InChI=1S/C15H26O2Si/c1-5-18(6-2,7-3)17-12-15(16)14-11-9-8-10-13(14)4/h8-11,15-16H,5-7,12H2,1-4H3/t15-/m1/s1. The molecule has 0 saturated heterocycles. The lowest BCUT2D eigenvalue weighted by molar-refractivity contribution is 0.101. The second kappa shape index (κ2) is 7.07. The monoisotopic (exact) mass is 266 g/mol. The fourth-order valence-corrected chi connectivity index (χ4v) is 4.99. The van der Waals surface area contributed by atoms with E-state index in [1.807, 2.05) is 31.2 Å². The van der Waals surface area contributed by atoms with Gasteiger partial charge in [0.05, 0.1) is 6.61 Å².